The Bertz CT molecular complexity index is 490. The number of carbonyl (C=O) groups excluding carboxylic acids is 2. The SMILES string of the molecule is CC(=O)C1CCN(C(=O)c2c(F)cccc2Cl)CC1. The summed E-state index contributed by atoms with van der Waals surface area (Å²) in [6.07, 6.45) is 1.26. The number of benzene rings is 1. The fourth-order valence-electron chi connectivity index (χ4n) is 2.35. The Morgan fingerprint density at radius 3 is 2.47 bits per heavy atom. The molecule has 0 atom stereocenters. The summed E-state index contributed by atoms with van der Waals surface area (Å²) in [5, 5.41) is 0.124. The molecule has 1 aliphatic rings. The number of halogens is 2. The molecular weight excluding hydrogens is 269 g/mol. The molecule has 0 spiro atoms. The summed E-state index contributed by atoms with van der Waals surface area (Å²) in [5.74, 6) is -0.840. The minimum atomic E-state index is -0.605. The molecule has 0 saturated carbocycles. The van der Waals surface area contributed by atoms with Crippen molar-refractivity contribution in [2.24, 2.45) is 5.92 Å². The summed E-state index contributed by atoms with van der Waals surface area (Å²) in [5.41, 5.74) is -0.0783. The fraction of sp³-hybridized carbons (Fsp3) is 0.429. The van der Waals surface area contributed by atoms with E-state index in [4.69, 9.17) is 11.6 Å². The van der Waals surface area contributed by atoms with Gasteiger partial charge in [0.15, 0.2) is 0 Å². The summed E-state index contributed by atoms with van der Waals surface area (Å²) in [6.45, 7) is 2.50. The molecule has 0 bridgehead atoms. The lowest BCUT2D eigenvalue weighted by atomic mass is 9.93. The molecule has 0 N–H and O–H groups in total. The first kappa shape index (κ1) is 14.0. The Morgan fingerprint density at radius 2 is 1.95 bits per heavy atom. The number of piperidine rings is 1. The van der Waals surface area contributed by atoms with Gasteiger partial charge in [0.1, 0.15) is 11.6 Å². The third kappa shape index (κ3) is 2.95. The Kier molecular flexibility index (Phi) is 4.20. The quantitative estimate of drug-likeness (QED) is 0.837. The zero-order valence-electron chi connectivity index (χ0n) is 10.7. The second-order valence-corrected chi connectivity index (χ2v) is 5.18. The normalized spacial score (nSPS) is 16.5. The minimum absolute atomic E-state index is 0.0140. The number of hydrogen-bond donors (Lipinski definition) is 0. The van der Waals surface area contributed by atoms with E-state index in [1.54, 1.807) is 11.8 Å². The van der Waals surface area contributed by atoms with Crippen molar-refractivity contribution in [3.63, 3.8) is 0 Å². The van der Waals surface area contributed by atoms with Gasteiger partial charge in [-0.3, -0.25) is 9.59 Å². The van der Waals surface area contributed by atoms with Gasteiger partial charge in [-0.15, -0.1) is 0 Å². The molecule has 2 rings (SSSR count). The predicted octanol–water partition coefficient (Wildman–Crippen LogP) is 2.92. The number of nitrogens with zero attached hydrogens (tertiary/aromatic N) is 1. The van der Waals surface area contributed by atoms with Crippen molar-refractivity contribution in [3.8, 4) is 0 Å². The first-order valence-electron chi connectivity index (χ1n) is 6.24. The van der Waals surface area contributed by atoms with Crippen molar-refractivity contribution in [2.75, 3.05) is 13.1 Å². The van der Waals surface area contributed by atoms with E-state index in [2.05, 4.69) is 0 Å². The number of carbonyl (C=O) groups is 2. The van der Waals surface area contributed by atoms with Crippen LogP contribution < -0.4 is 0 Å². The maximum Gasteiger partial charge on any atom is 0.258 e. The highest BCUT2D eigenvalue weighted by atomic mass is 35.5. The largest absolute Gasteiger partial charge is 0.338 e. The molecule has 1 amide bonds. The van der Waals surface area contributed by atoms with Crippen LogP contribution in [0, 0.1) is 11.7 Å². The van der Waals surface area contributed by atoms with Crippen LogP contribution >= 0.6 is 11.6 Å². The van der Waals surface area contributed by atoms with Crippen molar-refractivity contribution < 1.29 is 14.0 Å². The number of rotatable bonds is 2. The maximum absolute atomic E-state index is 13.7. The predicted molar refractivity (Wildman–Crippen MR) is 70.7 cm³/mol. The van der Waals surface area contributed by atoms with E-state index < -0.39 is 11.7 Å². The van der Waals surface area contributed by atoms with E-state index in [0.717, 1.165) is 0 Å². The van der Waals surface area contributed by atoms with Gasteiger partial charge in [0.2, 0.25) is 0 Å². The second-order valence-electron chi connectivity index (χ2n) is 4.77. The monoisotopic (exact) mass is 283 g/mol. The summed E-state index contributed by atoms with van der Waals surface area (Å²) < 4.78 is 13.7. The first-order chi connectivity index (χ1) is 9.00. The van der Waals surface area contributed by atoms with Crippen LogP contribution in [-0.4, -0.2) is 29.7 Å². The van der Waals surface area contributed by atoms with Crippen molar-refractivity contribution in [1.82, 2.24) is 4.90 Å². The number of Topliss-reactive ketones (excluding diaryl/α,β-unsaturated/α-hetero) is 1. The second kappa shape index (κ2) is 5.70. The van der Waals surface area contributed by atoms with E-state index in [9.17, 15) is 14.0 Å². The first-order valence-corrected chi connectivity index (χ1v) is 6.62. The lowest BCUT2D eigenvalue weighted by molar-refractivity contribution is -0.121. The van der Waals surface area contributed by atoms with E-state index in [1.165, 1.54) is 18.2 Å². The molecule has 0 aliphatic carbocycles. The number of likely N-dealkylation sites (tertiary alicyclic amines) is 1. The van der Waals surface area contributed by atoms with Crippen molar-refractivity contribution in [1.29, 1.82) is 0 Å². The van der Waals surface area contributed by atoms with Gasteiger partial charge in [-0.2, -0.15) is 0 Å². The van der Waals surface area contributed by atoms with Gasteiger partial charge in [-0.05, 0) is 31.9 Å². The Morgan fingerprint density at radius 1 is 1.32 bits per heavy atom. The lowest BCUT2D eigenvalue weighted by Gasteiger charge is -2.31. The van der Waals surface area contributed by atoms with Gasteiger partial charge in [0, 0.05) is 19.0 Å². The third-order valence-electron chi connectivity index (χ3n) is 3.53. The Balaban J connectivity index is 2.12. The third-order valence-corrected chi connectivity index (χ3v) is 3.85. The number of amides is 1. The van der Waals surface area contributed by atoms with Gasteiger partial charge in [0.25, 0.3) is 5.91 Å². The Hall–Kier alpha value is -1.42. The zero-order valence-corrected chi connectivity index (χ0v) is 11.4. The topological polar surface area (TPSA) is 37.4 Å². The molecule has 1 aromatic rings. The Labute approximate surface area is 116 Å². The van der Waals surface area contributed by atoms with Crippen LogP contribution in [0.3, 0.4) is 0 Å². The number of ketones is 1. The molecule has 0 unspecified atom stereocenters. The molecular formula is C14H15ClFNO2. The highest BCUT2D eigenvalue weighted by Crippen LogP contribution is 2.24. The molecule has 1 heterocycles. The lowest BCUT2D eigenvalue weighted by Crippen LogP contribution is -2.40. The molecule has 1 fully saturated rings. The van der Waals surface area contributed by atoms with Crippen LogP contribution in [0.15, 0.2) is 18.2 Å². The smallest absolute Gasteiger partial charge is 0.258 e. The standard InChI is InChI=1S/C14H15ClFNO2/c1-9(18)10-5-7-17(8-6-10)14(19)13-11(15)3-2-4-12(13)16/h2-4,10H,5-8H2,1H3. The molecule has 0 aromatic heterocycles. The summed E-state index contributed by atoms with van der Waals surface area (Å²) in [6, 6.07) is 4.19. The number of hydrogen-bond acceptors (Lipinski definition) is 2. The molecule has 19 heavy (non-hydrogen) atoms. The van der Waals surface area contributed by atoms with Gasteiger partial charge >= 0.3 is 0 Å². The zero-order chi connectivity index (χ0) is 14.0. The van der Waals surface area contributed by atoms with Crippen LogP contribution in [-0.2, 0) is 4.79 Å². The summed E-state index contributed by atoms with van der Waals surface area (Å²) >= 11 is 5.88. The summed E-state index contributed by atoms with van der Waals surface area (Å²) in [4.78, 5) is 25.1. The van der Waals surface area contributed by atoms with Crippen LogP contribution in [0.1, 0.15) is 30.1 Å². The molecule has 1 saturated heterocycles. The average molecular weight is 284 g/mol. The van der Waals surface area contributed by atoms with Gasteiger partial charge in [-0.25, -0.2) is 4.39 Å². The van der Waals surface area contributed by atoms with Crippen LogP contribution in [0.4, 0.5) is 4.39 Å². The van der Waals surface area contributed by atoms with Crippen molar-refractivity contribution >= 4 is 23.3 Å². The highest BCUT2D eigenvalue weighted by Gasteiger charge is 2.28. The van der Waals surface area contributed by atoms with Gasteiger partial charge in [-0.1, -0.05) is 17.7 Å². The molecule has 1 aromatic carbocycles. The van der Waals surface area contributed by atoms with Crippen molar-refractivity contribution in [3.05, 3.63) is 34.6 Å². The van der Waals surface area contributed by atoms with Crippen molar-refractivity contribution in [2.45, 2.75) is 19.8 Å². The van der Waals surface area contributed by atoms with Crippen LogP contribution in [0.2, 0.25) is 5.02 Å². The molecule has 1 aliphatic heterocycles. The minimum Gasteiger partial charge on any atom is -0.338 e. The van der Waals surface area contributed by atoms with Crippen LogP contribution in [0.5, 0.6) is 0 Å². The molecule has 102 valence electrons. The fourth-order valence-corrected chi connectivity index (χ4v) is 2.59. The summed E-state index contributed by atoms with van der Waals surface area (Å²) in [7, 11) is 0. The molecule has 5 heteroatoms. The van der Waals surface area contributed by atoms with E-state index in [1.807, 2.05) is 0 Å². The van der Waals surface area contributed by atoms with E-state index in [0.29, 0.717) is 25.9 Å². The average Bonchev–Trinajstić information content (AvgIpc) is 2.38. The molecule has 3 nitrogen and oxygen atoms in total. The highest BCUT2D eigenvalue weighted by molar-refractivity contribution is 6.33. The molecule has 0 radical (unpaired) electrons. The van der Waals surface area contributed by atoms with E-state index in [-0.39, 0.29) is 22.3 Å². The van der Waals surface area contributed by atoms with Gasteiger partial charge < -0.3 is 4.90 Å². The maximum atomic E-state index is 13.7. The van der Waals surface area contributed by atoms with Crippen LogP contribution in [0.25, 0.3) is 0 Å². The van der Waals surface area contributed by atoms with E-state index >= 15 is 0 Å². The van der Waals surface area contributed by atoms with Gasteiger partial charge in [0.05, 0.1) is 10.6 Å².